The van der Waals surface area contributed by atoms with E-state index < -0.39 is 21.8 Å². The summed E-state index contributed by atoms with van der Waals surface area (Å²) in [6.07, 6.45) is 5.31. The summed E-state index contributed by atoms with van der Waals surface area (Å²) in [5.41, 5.74) is -0.0224. The van der Waals surface area contributed by atoms with Gasteiger partial charge in [-0.2, -0.15) is 0 Å². The molecular formula is C21H31FN6O3S. The zero-order chi connectivity index (χ0) is 23.1. The summed E-state index contributed by atoms with van der Waals surface area (Å²) in [7, 11) is -3.18. The third kappa shape index (κ3) is 4.94. The van der Waals surface area contributed by atoms with Crippen molar-refractivity contribution in [1.82, 2.24) is 19.3 Å². The Morgan fingerprint density at radius 1 is 1.25 bits per heavy atom. The van der Waals surface area contributed by atoms with Gasteiger partial charge in [-0.25, -0.2) is 32.1 Å². The molecule has 3 heterocycles. The molecule has 3 N–H and O–H groups in total. The molecule has 0 spiro atoms. The third-order valence-electron chi connectivity index (χ3n) is 6.49. The van der Waals surface area contributed by atoms with Crippen LogP contribution in [-0.2, 0) is 10.0 Å². The minimum absolute atomic E-state index is 0.0514. The van der Waals surface area contributed by atoms with Gasteiger partial charge in [0.25, 0.3) is 0 Å². The highest BCUT2D eigenvalue weighted by atomic mass is 32.2. The number of rotatable bonds is 6. The van der Waals surface area contributed by atoms with Gasteiger partial charge in [0.1, 0.15) is 11.7 Å². The van der Waals surface area contributed by atoms with Crippen molar-refractivity contribution in [2.75, 3.05) is 30.0 Å². The Balaban J connectivity index is 1.59. The second kappa shape index (κ2) is 8.68. The van der Waals surface area contributed by atoms with Crippen LogP contribution < -0.4 is 10.6 Å². The molecule has 32 heavy (non-hydrogen) atoms. The van der Waals surface area contributed by atoms with Gasteiger partial charge in [-0.15, -0.1) is 0 Å². The van der Waals surface area contributed by atoms with Crippen LogP contribution in [0.3, 0.4) is 0 Å². The molecule has 1 aliphatic heterocycles. The number of nitrogens with zero attached hydrogens (tertiary/aromatic N) is 4. The summed E-state index contributed by atoms with van der Waals surface area (Å²) in [6, 6.07) is 1.50. The Hall–Kier alpha value is -2.11. The number of alkyl halides is 1. The molecule has 2 aromatic heterocycles. The molecule has 11 heteroatoms. The standard InChI is InChI=1S/C21H31FN6O3S/c1-13(22)16-11-14-12-23-20(24-15-6-9-28(10-7-15)32(3,30)31)27-18(14)19(25-16)26-17-5-4-8-21(17,2)29/h11-13,15,17,29H,4-10H2,1-3H3,(H,25,26)(H,23,24,27)/t13?,17-,21-/m1/s1. The van der Waals surface area contributed by atoms with Crippen LogP contribution in [0, 0.1) is 0 Å². The minimum atomic E-state index is -3.18. The average Bonchev–Trinajstić information content (AvgIpc) is 3.05. The van der Waals surface area contributed by atoms with E-state index in [0.717, 1.165) is 12.8 Å². The van der Waals surface area contributed by atoms with Gasteiger partial charge in [0.2, 0.25) is 16.0 Å². The Kier molecular flexibility index (Phi) is 6.25. The fourth-order valence-corrected chi connectivity index (χ4v) is 5.36. The van der Waals surface area contributed by atoms with Crippen molar-refractivity contribution in [2.45, 2.75) is 69.8 Å². The number of aliphatic hydroxyl groups is 1. The van der Waals surface area contributed by atoms with Crippen molar-refractivity contribution in [2.24, 2.45) is 0 Å². The van der Waals surface area contributed by atoms with Crippen LogP contribution >= 0.6 is 0 Å². The van der Waals surface area contributed by atoms with Gasteiger partial charge in [0.05, 0.1) is 23.6 Å². The van der Waals surface area contributed by atoms with Crippen LogP contribution in [-0.4, -0.2) is 69.8 Å². The predicted octanol–water partition coefficient (Wildman–Crippen LogP) is 2.61. The lowest BCUT2D eigenvalue weighted by Gasteiger charge is -2.30. The fraction of sp³-hybridized carbons (Fsp3) is 0.667. The number of aromatic nitrogens is 3. The first-order valence-electron chi connectivity index (χ1n) is 11.1. The largest absolute Gasteiger partial charge is 0.388 e. The molecule has 3 atom stereocenters. The van der Waals surface area contributed by atoms with Crippen molar-refractivity contribution < 1.29 is 17.9 Å². The predicted molar refractivity (Wildman–Crippen MR) is 122 cm³/mol. The quantitative estimate of drug-likeness (QED) is 0.594. The number of piperidine rings is 1. The zero-order valence-electron chi connectivity index (χ0n) is 18.7. The van der Waals surface area contributed by atoms with Crippen LogP contribution in [0.1, 0.15) is 57.8 Å². The molecule has 0 amide bonds. The topological polar surface area (TPSA) is 120 Å². The van der Waals surface area contributed by atoms with Crippen LogP contribution in [0.2, 0.25) is 0 Å². The number of anilines is 2. The van der Waals surface area contributed by atoms with Crippen LogP contribution in [0.4, 0.5) is 16.2 Å². The summed E-state index contributed by atoms with van der Waals surface area (Å²) in [6.45, 7) is 4.13. The molecule has 176 valence electrons. The number of pyridine rings is 1. The second-order valence-corrected chi connectivity index (χ2v) is 11.2. The molecule has 2 aliphatic rings. The Bertz CT molecular complexity index is 1090. The van der Waals surface area contributed by atoms with Crippen LogP contribution in [0.5, 0.6) is 0 Å². The highest BCUT2D eigenvalue weighted by Crippen LogP contribution is 2.34. The third-order valence-corrected chi connectivity index (χ3v) is 7.79. The number of hydrogen-bond acceptors (Lipinski definition) is 8. The highest BCUT2D eigenvalue weighted by Gasteiger charge is 2.37. The summed E-state index contributed by atoms with van der Waals surface area (Å²) in [5, 5.41) is 17.9. The molecule has 9 nitrogen and oxygen atoms in total. The summed E-state index contributed by atoms with van der Waals surface area (Å²) >= 11 is 0. The zero-order valence-corrected chi connectivity index (χ0v) is 19.5. The Morgan fingerprint density at radius 2 is 1.97 bits per heavy atom. The number of nitrogens with one attached hydrogen (secondary N) is 2. The molecule has 2 aromatic rings. The van der Waals surface area contributed by atoms with E-state index in [1.54, 1.807) is 19.2 Å². The van der Waals surface area contributed by atoms with E-state index in [1.165, 1.54) is 17.5 Å². The lowest BCUT2D eigenvalue weighted by atomic mass is 10.0. The Morgan fingerprint density at radius 3 is 2.56 bits per heavy atom. The van der Waals surface area contributed by atoms with Crippen molar-refractivity contribution in [1.29, 1.82) is 0 Å². The van der Waals surface area contributed by atoms with E-state index in [1.807, 2.05) is 0 Å². The van der Waals surface area contributed by atoms with Crippen LogP contribution in [0.15, 0.2) is 12.3 Å². The summed E-state index contributed by atoms with van der Waals surface area (Å²) in [5.74, 6) is 0.853. The molecule has 1 saturated carbocycles. The van der Waals surface area contributed by atoms with Gasteiger partial charge in [-0.05, 0) is 52.0 Å². The molecule has 0 radical (unpaired) electrons. The summed E-state index contributed by atoms with van der Waals surface area (Å²) < 4.78 is 39.0. The molecular weight excluding hydrogens is 435 g/mol. The maximum atomic E-state index is 14.1. The number of halogens is 1. The van der Waals surface area contributed by atoms with Gasteiger partial charge >= 0.3 is 0 Å². The second-order valence-electron chi connectivity index (χ2n) is 9.17. The van der Waals surface area contributed by atoms with Crippen molar-refractivity contribution in [3.63, 3.8) is 0 Å². The Labute approximate surface area is 187 Å². The summed E-state index contributed by atoms with van der Waals surface area (Å²) in [4.78, 5) is 13.5. The normalized spacial score (nSPS) is 26.3. The van der Waals surface area contributed by atoms with E-state index in [9.17, 15) is 17.9 Å². The molecule has 0 bridgehead atoms. The van der Waals surface area contributed by atoms with E-state index in [0.29, 0.717) is 55.0 Å². The highest BCUT2D eigenvalue weighted by molar-refractivity contribution is 7.88. The minimum Gasteiger partial charge on any atom is -0.388 e. The van der Waals surface area contributed by atoms with E-state index in [4.69, 9.17) is 0 Å². The lowest BCUT2D eigenvalue weighted by molar-refractivity contribution is 0.0578. The number of fused-ring (bicyclic) bond motifs is 1. The smallest absolute Gasteiger partial charge is 0.223 e. The molecule has 4 rings (SSSR count). The van der Waals surface area contributed by atoms with Crippen molar-refractivity contribution in [3.05, 3.63) is 18.0 Å². The first-order valence-corrected chi connectivity index (χ1v) is 12.9. The first-order chi connectivity index (χ1) is 15.0. The maximum absolute atomic E-state index is 14.1. The molecule has 1 saturated heterocycles. The molecule has 0 aromatic carbocycles. The van der Waals surface area contributed by atoms with Gasteiger partial charge < -0.3 is 15.7 Å². The van der Waals surface area contributed by atoms with E-state index >= 15 is 0 Å². The van der Waals surface area contributed by atoms with Crippen LogP contribution in [0.25, 0.3) is 10.9 Å². The monoisotopic (exact) mass is 466 g/mol. The van der Waals surface area contributed by atoms with Gasteiger partial charge in [0, 0.05) is 30.7 Å². The lowest BCUT2D eigenvalue weighted by Crippen LogP contribution is -2.42. The van der Waals surface area contributed by atoms with Gasteiger partial charge in [-0.3, -0.25) is 0 Å². The fourth-order valence-electron chi connectivity index (χ4n) is 4.49. The first kappa shape index (κ1) is 23.1. The van der Waals surface area contributed by atoms with Gasteiger partial charge in [0.15, 0.2) is 5.82 Å². The van der Waals surface area contributed by atoms with Gasteiger partial charge in [-0.1, -0.05) is 0 Å². The molecule has 2 fully saturated rings. The van der Waals surface area contributed by atoms with E-state index in [2.05, 4.69) is 25.6 Å². The van der Waals surface area contributed by atoms with Crippen molar-refractivity contribution in [3.8, 4) is 0 Å². The molecule has 1 unspecified atom stereocenters. The molecule has 1 aliphatic carbocycles. The maximum Gasteiger partial charge on any atom is 0.223 e. The number of hydrogen-bond donors (Lipinski definition) is 3. The van der Waals surface area contributed by atoms with E-state index in [-0.39, 0.29) is 17.8 Å². The van der Waals surface area contributed by atoms with Crippen molar-refractivity contribution >= 4 is 32.7 Å². The average molecular weight is 467 g/mol. The SMILES string of the molecule is CC(F)c1cc2cnc(NC3CCN(S(C)(=O)=O)CC3)nc2c(N[C@@H]2CCC[C@@]2(C)O)n1. The number of sulfonamides is 1.